The van der Waals surface area contributed by atoms with E-state index in [-0.39, 0.29) is 10.8 Å². The number of para-hydroxylation sites is 2. The van der Waals surface area contributed by atoms with Crippen molar-refractivity contribution < 1.29 is 8.83 Å². The first-order chi connectivity index (χ1) is 39.2. The molecule has 0 radical (unpaired) electrons. The third-order valence-corrected chi connectivity index (χ3v) is 18.2. The van der Waals surface area contributed by atoms with Crippen LogP contribution in [0.15, 0.2) is 251 Å². The molecular weight excluding hydrogens is 973 g/mol. The van der Waals surface area contributed by atoms with Crippen LogP contribution in [0.4, 0.5) is 34.1 Å². The Bertz CT molecular complexity index is 4810. The van der Waals surface area contributed by atoms with Gasteiger partial charge < -0.3 is 18.6 Å². The fourth-order valence-corrected chi connectivity index (χ4v) is 14.4. The van der Waals surface area contributed by atoms with Crippen molar-refractivity contribution >= 4 is 121 Å². The largest absolute Gasteiger partial charge is 0.456 e. The molecule has 0 spiro atoms. The molecule has 2 aliphatic carbocycles. The lowest BCUT2D eigenvalue weighted by molar-refractivity contribution is 0.660. The predicted octanol–water partition coefficient (Wildman–Crippen LogP) is 21.7. The van der Waals surface area contributed by atoms with Crippen LogP contribution in [0, 0.1) is 0 Å². The summed E-state index contributed by atoms with van der Waals surface area (Å²) in [6.07, 6.45) is 0. The average Bonchev–Trinajstić information content (AvgIpc) is 4.30. The first-order valence-electron chi connectivity index (χ1n) is 27.9. The van der Waals surface area contributed by atoms with Crippen LogP contribution in [0.25, 0.3) is 109 Å². The van der Waals surface area contributed by atoms with Gasteiger partial charge >= 0.3 is 0 Å². The number of nitrogens with zero attached hydrogens (tertiary/aromatic N) is 2. The van der Waals surface area contributed by atoms with E-state index in [2.05, 4.69) is 280 Å². The molecule has 15 aromatic rings. The van der Waals surface area contributed by atoms with Gasteiger partial charge in [-0.25, -0.2) is 0 Å². The summed E-state index contributed by atoms with van der Waals surface area (Å²) in [5.74, 6) is 0. The van der Waals surface area contributed by atoms with E-state index in [0.717, 1.165) is 99.5 Å². The van der Waals surface area contributed by atoms with Crippen LogP contribution in [0.5, 0.6) is 0 Å². The second kappa shape index (κ2) is 16.3. The van der Waals surface area contributed by atoms with Gasteiger partial charge in [-0.1, -0.05) is 198 Å². The molecule has 0 saturated carbocycles. The number of furan rings is 2. The molecule has 0 atom stereocenters. The molecule has 0 amide bonds. The van der Waals surface area contributed by atoms with Crippen molar-refractivity contribution in [1.82, 2.24) is 0 Å². The summed E-state index contributed by atoms with van der Waals surface area (Å²) in [6, 6.07) is 89.0. The van der Waals surface area contributed by atoms with Crippen LogP contribution >= 0.6 is 0 Å². The molecule has 0 saturated heterocycles. The lowest BCUT2D eigenvalue weighted by atomic mass is 9.82. The standard InChI is InChI=1S/C76H52N2O2/c1-75(2)61-37-31-45-19-11-13-25-51(45)71(61)57-35-33-49(39-63(57)75)77(47-21-7-5-8-22-47)65-43-69-73(55-29-17-15-27-53(55)65)59-41-68-60(42-67(59)79-69)74-56-30-18-16-28-54(56)66(44-70(74)80-68)78(48-23-9-6-10-24-48)50-34-36-58-64(40-50)76(3,4)62-38-32-46-20-12-14-26-52(46)72(58)62/h5-44H,1-4H3. The summed E-state index contributed by atoms with van der Waals surface area (Å²) in [6.45, 7) is 9.48. The van der Waals surface area contributed by atoms with Crippen molar-refractivity contribution in [3.05, 3.63) is 265 Å². The monoisotopic (exact) mass is 1020 g/mol. The highest BCUT2D eigenvalue weighted by Crippen LogP contribution is 2.56. The van der Waals surface area contributed by atoms with Crippen molar-refractivity contribution in [3.63, 3.8) is 0 Å². The van der Waals surface area contributed by atoms with E-state index in [1.807, 2.05) is 0 Å². The maximum Gasteiger partial charge on any atom is 0.138 e. The van der Waals surface area contributed by atoms with Gasteiger partial charge in [0.2, 0.25) is 0 Å². The third kappa shape index (κ3) is 6.22. The van der Waals surface area contributed by atoms with Crippen LogP contribution < -0.4 is 9.80 Å². The number of rotatable bonds is 6. The second-order valence-corrected chi connectivity index (χ2v) is 23.1. The van der Waals surface area contributed by atoms with Crippen molar-refractivity contribution in [3.8, 4) is 22.3 Å². The molecule has 378 valence electrons. The van der Waals surface area contributed by atoms with E-state index >= 15 is 0 Å². The normalized spacial score (nSPS) is 13.9. The minimum absolute atomic E-state index is 0.198. The minimum atomic E-state index is -0.198. The van der Waals surface area contributed by atoms with E-state index in [9.17, 15) is 0 Å². The van der Waals surface area contributed by atoms with Crippen molar-refractivity contribution in [1.29, 1.82) is 0 Å². The van der Waals surface area contributed by atoms with Gasteiger partial charge in [-0.3, -0.25) is 0 Å². The minimum Gasteiger partial charge on any atom is -0.456 e. The molecule has 17 rings (SSSR count). The lowest BCUT2D eigenvalue weighted by Crippen LogP contribution is -2.16. The molecule has 0 bridgehead atoms. The zero-order valence-electron chi connectivity index (χ0n) is 44.8. The van der Waals surface area contributed by atoms with Crippen LogP contribution in [0.2, 0.25) is 0 Å². The highest BCUT2D eigenvalue weighted by Gasteiger charge is 2.39. The van der Waals surface area contributed by atoms with Crippen LogP contribution in [0.1, 0.15) is 49.9 Å². The molecule has 2 heterocycles. The van der Waals surface area contributed by atoms with Gasteiger partial charge in [0.25, 0.3) is 0 Å². The number of benzene rings is 13. The molecule has 80 heavy (non-hydrogen) atoms. The Morgan fingerprint density at radius 1 is 0.275 bits per heavy atom. The van der Waals surface area contributed by atoms with Crippen molar-refractivity contribution in [2.75, 3.05) is 9.80 Å². The van der Waals surface area contributed by atoms with E-state index < -0.39 is 0 Å². The van der Waals surface area contributed by atoms with Gasteiger partial charge in [0.15, 0.2) is 0 Å². The molecule has 4 heteroatoms. The number of anilines is 6. The Kier molecular flexibility index (Phi) is 9.21. The molecule has 0 unspecified atom stereocenters. The Morgan fingerprint density at radius 3 is 1.07 bits per heavy atom. The Balaban J connectivity index is 0.837. The first-order valence-corrected chi connectivity index (χ1v) is 27.9. The topological polar surface area (TPSA) is 32.8 Å². The molecule has 13 aromatic carbocycles. The summed E-state index contributed by atoms with van der Waals surface area (Å²) in [5.41, 5.74) is 20.0. The second-order valence-electron chi connectivity index (χ2n) is 23.1. The van der Waals surface area contributed by atoms with Gasteiger partial charge in [0.1, 0.15) is 22.3 Å². The van der Waals surface area contributed by atoms with Crippen molar-refractivity contribution in [2.45, 2.75) is 38.5 Å². The van der Waals surface area contributed by atoms with Gasteiger partial charge in [0.05, 0.1) is 11.4 Å². The highest BCUT2D eigenvalue weighted by molar-refractivity contribution is 6.28. The molecule has 2 aliphatic rings. The average molecular weight is 1030 g/mol. The molecule has 0 aliphatic heterocycles. The fraction of sp³-hybridized carbons (Fsp3) is 0.0789. The van der Waals surface area contributed by atoms with Gasteiger partial charge in [-0.2, -0.15) is 0 Å². The summed E-state index contributed by atoms with van der Waals surface area (Å²) >= 11 is 0. The maximum atomic E-state index is 7.15. The third-order valence-electron chi connectivity index (χ3n) is 18.2. The summed E-state index contributed by atoms with van der Waals surface area (Å²) in [5, 5.41) is 13.8. The van der Waals surface area contributed by atoms with E-state index in [4.69, 9.17) is 8.83 Å². The Hall–Kier alpha value is -9.90. The zero-order valence-corrected chi connectivity index (χ0v) is 44.8. The molecule has 4 nitrogen and oxygen atoms in total. The number of fused-ring (bicyclic) bond motifs is 20. The van der Waals surface area contributed by atoms with E-state index in [1.54, 1.807) is 0 Å². The molecule has 0 fully saturated rings. The molecule has 0 N–H and O–H groups in total. The van der Waals surface area contributed by atoms with Gasteiger partial charge in [-0.15, -0.1) is 0 Å². The van der Waals surface area contributed by atoms with Gasteiger partial charge in [-0.05, 0) is 137 Å². The Labute approximate surface area is 463 Å². The molecular formula is C76H52N2O2. The van der Waals surface area contributed by atoms with Crippen molar-refractivity contribution in [2.24, 2.45) is 0 Å². The maximum absolute atomic E-state index is 7.15. The smallest absolute Gasteiger partial charge is 0.138 e. The van der Waals surface area contributed by atoms with Crippen LogP contribution in [-0.2, 0) is 10.8 Å². The fourth-order valence-electron chi connectivity index (χ4n) is 14.4. The van der Waals surface area contributed by atoms with Crippen LogP contribution in [-0.4, -0.2) is 0 Å². The number of hydrogen-bond acceptors (Lipinski definition) is 4. The Morgan fingerprint density at radius 2 is 0.650 bits per heavy atom. The highest BCUT2D eigenvalue weighted by atomic mass is 16.3. The SMILES string of the molecule is CC1(C)c2cc(N(c3ccccc3)c3cc4oc5cc6c(cc5c4c4ccccc34)oc3cc(N(c4ccccc4)c4ccc5c(c4)C(C)(C)c4ccc7ccccc7c4-5)c4ccccc4c36)ccc2-c2c1ccc1ccccc21. The predicted molar refractivity (Wildman–Crippen MR) is 336 cm³/mol. The van der Waals surface area contributed by atoms with Crippen LogP contribution in [0.3, 0.4) is 0 Å². The van der Waals surface area contributed by atoms with Gasteiger partial charge in [0, 0.05) is 78.0 Å². The van der Waals surface area contributed by atoms with E-state index in [0.29, 0.717) is 0 Å². The quantitative estimate of drug-likeness (QED) is 0.166. The zero-order chi connectivity index (χ0) is 53.2. The summed E-state index contributed by atoms with van der Waals surface area (Å²) in [7, 11) is 0. The van der Waals surface area contributed by atoms with E-state index in [1.165, 1.54) is 66.1 Å². The lowest BCUT2D eigenvalue weighted by Gasteiger charge is -2.29. The first kappa shape index (κ1) is 45.2. The summed E-state index contributed by atoms with van der Waals surface area (Å²) < 4.78 is 14.3. The summed E-state index contributed by atoms with van der Waals surface area (Å²) in [4.78, 5) is 4.83. The molecule has 2 aromatic heterocycles. The number of hydrogen-bond donors (Lipinski definition) is 0.